The molecule has 0 aromatic heterocycles. The highest BCUT2D eigenvalue weighted by atomic mass is 16.5. The second-order valence-electron chi connectivity index (χ2n) is 9.70. The van der Waals surface area contributed by atoms with Crippen molar-refractivity contribution in [2.45, 2.75) is 0 Å². The van der Waals surface area contributed by atoms with Gasteiger partial charge in [0.15, 0.2) is 0 Å². The van der Waals surface area contributed by atoms with Gasteiger partial charge in [-0.3, -0.25) is 0 Å². The number of carboxylic acids is 1. The van der Waals surface area contributed by atoms with Crippen molar-refractivity contribution in [1.82, 2.24) is 0 Å². The predicted molar refractivity (Wildman–Crippen MR) is 173 cm³/mol. The van der Waals surface area contributed by atoms with Gasteiger partial charge >= 0.3 is 5.97 Å². The van der Waals surface area contributed by atoms with Crippen molar-refractivity contribution < 1.29 is 19.4 Å². The van der Waals surface area contributed by atoms with E-state index in [1.165, 1.54) is 6.08 Å². The molecule has 5 rings (SSSR count). The normalized spacial score (nSPS) is 10.6. The van der Waals surface area contributed by atoms with Crippen LogP contribution in [-0.2, 0) is 4.79 Å². The highest BCUT2D eigenvalue weighted by Gasteiger charge is 2.13. The molecule has 0 unspecified atom stereocenters. The molecule has 0 saturated carbocycles. The van der Waals surface area contributed by atoms with Gasteiger partial charge in [-0.1, -0.05) is 48.2 Å². The SMILES string of the molecule is COc1ccc(N(c2ccc(OC)cc2)c2ccc(-c3ccc(C#Cc4ccc(/C=C(\C#N)C(=O)O)cc4)cc3)cc2)cc1. The van der Waals surface area contributed by atoms with Gasteiger partial charge in [0.25, 0.3) is 0 Å². The van der Waals surface area contributed by atoms with E-state index >= 15 is 0 Å². The molecule has 0 radical (unpaired) electrons. The second-order valence-corrected chi connectivity index (χ2v) is 9.70. The number of ether oxygens (including phenoxy) is 2. The standard InChI is InChI=1S/C38H28N2O4/c1-43-36-21-17-34(18-22-36)40(35-19-23-37(44-2)24-20-35)33-15-13-31(14-16-33)30-11-9-28(10-12-30)4-3-27-5-7-29(8-6-27)25-32(26-39)38(41)42/h5-25H,1-2H3,(H,41,42)/b32-25+. The van der Waals surface area contributed by atoms with E-state index in [-0.39, 0.29) is 5.57 Å². The van der Waals surface area contributed by atoms with Crippen LogP contribution in [0.1, 0.15) is 16.7 Å². The molecule has 5 aromatic rings. The maximum Gasteiger partial charge on any atom is 0.346 e. The monoisotopic (exact) mass is 576 g/mol. The molecule has 5 aromatic carbocycles. The van der Waals surface area contributed by atoms with Crippen LogP contribution >= 0.6 is 0 Å². The number of nitrogens with zero attached hydrogens (tertiary/aromatic N) is 2. The Kier molecular flexibility index (Phi) is 9.05. The van der Waals surface area contributed by atoms with E-state index in [9.17, 15) is 4.79 Å². The first-order valence-electron chi connectivity index (χ1n) is 13.7. The fourth-order valence-corrected chi connectivity index (χ4v) is 4.57. The quantitative estimate of drug-likeness (QED) is 0.114. The molecule has 0 bridgehead atoms. The molecular weight excluding hydrogens is 548 g/mol. The van der Waals surface area contributed by atoms with Crippen LogP contribution in [0.25, 0.3) is 17.2 Å². The third-order valence-corrected chi connectivity index (χ3v) is 6.93. The zero-order valence-corrected chi connectivity index (χ0v) is 24.2. The Morgan fingerprint density at radius 1 is 0.636 bits per heavy atom. The van der Waals surface area contributed by atoms with E-state index in [2.05, 4.69) is 41.0 Å². The lowest BCUT2D eigenvalue weighted by Gasteiger charge is -2.26. The molecule has 214 valence electrons. The molecule has 0 spiro atoms. The Hall–Kier alpha value is -6.24. The van der Waals surface area contributed by atoms with Crippen LogP contribution in [0, 0.1) is 23.2 Å². The van der Waals surface area contributed by atoms with Gasteiger partial charge in [-0.25, -0.2) is 4.79 Å². The summed E-state index contributed by atoms with van der Waals surface area (Å²) in [7, 11) is 3.32. The summed E-state index contributed by atoms with van der Waals surface area (Å²) in [6, 6.07) is 41.2. The van der Waals surface area contributed by atoms with Gasteiger partial charge in [0.05, 0.1) is 14.2 Å². The highest BCUT2D eigenvalue weighted by molar-refractivity contribution is 5.96. The molecule has 0 saturated heterocycles. The predicted octanol–water partition coefficient (Wildman–Crippen LogP) is 8.23. The second kappa shape index (κ2) is 13.6. The average Bonchev–Trinajstić information content (AvgIpc) is 3.08. The van der Waals surface area contributed by atoms with Crippen molar-refractivity contribution in [3.8, 4) is 40.5 Å². The van der Waals surface area contributed by atoms with Crippen LogP contribution in [-0.4, -0.2) is 25.3 Å². The number of rotatable bonds is 8. The number of nitriles is 1. The Morgan fingerprint density at radius 2 is 1.02 bits per heavy atom. The van der Waals surface area contributed by atoms with Crippen LogP contribution in [0.15, 0.2) is 127 Å². The van der Waals surface area contributed by atoms with Gasteiger partial charge in [-0.05, 0) is 108 Å². The minimum Gasteiger partial charge on any atom is -0.497 e. The van der Waals surface area contributed by atoms with Crippen LogP contribution in [0.5, 0.6) is 11.5 Å². The maximum atomic E-state index is 11.0. The largest absolute Gasteiger partial charge is 0.497 e. The zero-order valence-electron chi connectivity index (χ0n) is 24.2. The summed E-state index contributed by atoms with van der Waals surface area (Å²) < 4.78 is 10.7. The summed E-state index contributed by atoms with van der Waals surface area (Å²) in [5.74, 6) is 6.64. The number of aliphatic carboxylic acids is 1. The molecule has 0 heterocycles. The van der Waals surface area contributed by atoms with Crippen molar-refractivity contribution >= 4 is 29.1 Å². The Balaban J connectivity index is 1.34. The van der Waals surface area contributed by atoms with E-state index in [4.69, 9.17) is 19.8 Å². The van der Waals surface area contributed by atoms with Crippen LogP contribution in [0.4, 0.5) is 17.1 Å². The van der Waals surface area contributed by atoms with Crippen LogP contribution < -0.4 is 14.4 Å². The number of anilines is 3. The van der Waals surface area contributed by atoms with Crippen molar-refractivity contribution in [3.05, 3.63) is 144 Å². The minimum atomic E-state index is -1.25. The number of hydrogen-bond acceptors (Lipinski definition) is 5. The Morgan fingerprint density at radius 3 is 1.41 bits per heavy atom. The lowest BCUT2D eigenvalue weighted by Crippen LogP contribution is -2.09. The summed E-state index contributed by atoms with van der Waals surface area (Å²) in [6.45, 7) is 0. The fourth-order valence-electron chi connectivity index (χ4n) is 4.57. The first-order chi connectivity index (χ1) is 21.5. The van der Waals surface area contributed by atoms with E-state index in [0.29, 0.717) is 5.56 Å². The Bertz CT molecular complexity index is 1830. The molecule has 0 atom stereocenters. The van der Waals surface area contributed by atoms with Crippen LogP contribution in [0.2, 0.25) is 0 Å². The van der Waals surface area contributed by atoms with Gasteiger partial charge < -0.3 is 19.5 Å². The summed E-state index contributed by atoms with van der Waals surface area (Å²) in [4.78, 5) is 13.2. The van der Waals surface area contributed by atoms with E-state index in [1.807, 2.05) is 72.8 Å². The topological polar surface area (TPSA) is 82.8 Å². The third kappa shape index (κ3) is 6.97. The van der Waals surface area contributed by atoms with Gasteiger partial charge in [0, 0.05) is 28.2 Å². The summed E-state index contributed by atoms with van der Waals surface area (Å²) in [5, 5.41) is 18.0. The first kappa shape index (κ1) is 29.3. The molecule has 6 nitrogen and oxygen atoms in total. The highest BCUT2D eigenvalue weighted by Crippen LogP contribution is 2.37. The molecule has 44 heavy (non-hydrogen) atoms. The molecule has 6 heteroatoms. The lowest BCUT2D eigenvalue weighted by atomic mass is 10.0. The first-order valence-corrected chi connectivity index (χ1v) is 13.7. The molecule has 0 aliphatic carbocycles. The minimum absolute atomic E-state index is 0.314. The van der Waals surface area contributed by atoms with Gasteiger partial charge in [0.1, 0.15) is 23.1 Å². The van der Waals surface area contributed by atoms with E-state index < -0.39 is 5.97 Å². The molecular formula is C38H28N2O4. The van der Waals surface area contributed by atoms with Crippen LogP contribution in [0.3, 0.4) is 0 Å². The number of hydrogen-bond donors (Lipinski definition) is 1. The molecule has 0 fully saturated rings. The van der Waals surface area contributed by atoms with Gasteiger partial charge in [-0.2, -0.15) is 5.26 Å². The van der Waals surface area contributed by atoms with Crippen molar-refractivity contribution in [2.75, 3.05) is 19.1 Å². The van der Waals surface area contributed by atoms with E-state index in [1.54, 1.807) is 44.6 Å². The summed E-state index contributed by atoms with van der Waals surface area (Å²) >= 11 is 0. The smallest absolute Gasteiger partial charge is 0.346 e. The molecule has 1 N–H and O–H groups in total. The number of benzene rings is 5. The number of methoxy groups -OCH3 is 2. The summed E-state index contributed by atoms with van der Waals surface area (Å²) in [6.07, 6.45) is 1.33. The number of carbonyl (C=O) groups is 1. The molecule has 0 aliphatic rings. The van der Waals surface area contributed by atoms with Gasteiger partial charge in [0.2, 0.25) is 0 Å². The fraction of sp³-hybridized carbons (Fsp3) is 0.0526. The van der Waals surface area contributed by atoms with Gasteiger partial charge in [-0.15, -0.1) is 0 Å². The third-order valence-electron chi connectivity index (χ3n) is 6.93. The zero-order chi connectivity index (χ0) is 30.9. The Labute approximate surface area is 256 Å². The van der Waals surface area contributed by atoms with E-state index in [0.717, 1.165) is 50.8 Å². The number of carboxylic acid groups (broad SMARTS) is 1. The van der Waals surface area contributed by atoms with Crippen molar-refractivity contribution in [3.63, 3.8) is 0 Å². The molecule has 0 aliphatic heterocycles. The molecule has 0 amide bonds. The van der Waals surface area contributed by atoms with Crippen molar-refractivity contribution in [1.29, 1.82) is 5.26 Å². The lowest BCUT2D eigenvalue weighted by molar-refractivity contribution is -0.132. The average molecular weight is 577 g/mol. The summed E-state index contributed by atoms with van der Waals surface area (Å²) in [5.41, 5.74) is 7.15. The van der Waals surface area contributed by atoms with Crippen molar-refractivity contribution in [2.24, 2.45) is 0 Å². The maximum absolute atomic E-state index is 11.0.